The van der Waals surface area contributed by atoms with Crippen molar-refractivity contribution in [2.75, 3.05) is 41.0 Å². The van der Waals surface area contributed by atoms with E-state index in [0.29, 0.717) is 37.6 Å². The predicted molar refractivity (Wildman–Crippen MR) is 119 cm³/mol. The summed E-state index contributed by atoms with van der Waals surface area (Å²) in [6.07, 6.45) is 5.17. The molecule has 0 N–H and O–H groups in total. The highest BCUT2D eigenvalue weighted by Crippen LogP contribution is 2.30. The lowest BCUT2D eigenvalue weighted by Gasteiger charge is -2.31. The Labute approximate surface area is 189 Å². The number of ether oxygens (including phenoxy) is 3. The third-order valence-electron chi connectivity index (χ3n) is 6.52. The third kappa shape index (κ3) is 5.72. The second kappa shape index (κ2) is 11.2. The summed E-state index contributed by atoms with van der Waals surface area (Å²) in [5.74, 6) is 0.638. The maximum absolute atomic E-state index is 13.3. The largest absolute Gasteiger partial charge is 0.493 e. The van der Waals surface area contributed by atoms with Crippen molar-refractivity contribution in [2.45, 2.75) is 51.0 Å². The molecule has 8 nitrogen and oxygen atoms in total. The zero-order valence-electron chi connectivity index (χ0n) is 19.3. The lowest BCUT2D eigenvalue weighted by molar-refractivity contribution is -0.143. The van der Waals surface area contributed by atoms with Crippen LogP contribution in [0.3, 0.4) is 0 Å². The van der Waals surface area contributed by atoms with Crippen LogP contribution in [0.1, 0.15) is 44.1 Å². The zero-order chi connectivity index (χ0) is 23.1. The fraction of sp³-hybridized carbons (Fsp3) is 0.625. The number of benzene rings is 1. The van der Waals surface area contributed by atoms with Gasteiger partial charge in [-0.15, -0.1) is 0 Å². The number of carbonyl (C=O) groups is 3. The van der Waals surface area contributed by atoms with Gasteiger partial charge in [-0.05, 0) is 37.0 Å². The third-order valence-corrected chi connectivity index (χ3v) is 6.52. The van der Waals surface area contributed by atoms with E-state index < -0.39 is 0 Å². The van der Waals surface area contributed by atoms with Gasteiger partial charge in [0.25, 0.3) is 0 Å². The van der Waals surface area contributed by atoms with Crippen LogP contribution in [0.2, 0.25) is 0 Å². The standard InChI is InChI=1S/C24H34N2O6/c1-30-20-9-8-17(14-21(20)31-2)10-12-25-16-18(15-22(25)27)24(29)26(13-11-23(28)32-3)19-6-4-5-7-19/h8-9,14,18-19H,4-7,10-13,15-16H2,1-3H3/t18-/m0/s1. The molecule has 0 bridgehead atoms. The van der Waals surface area contributed by atoms with Gasteiger partial charge < -0.3 is 24.0 Å². The average molecular weight is 447 g/mol. The molecule has 1 saturated heterocycles. The van der Waals surface area contributed by atoms with Gasteiger partial charge in [-0.2, -0.15) is 0 Å². The minimum Gasteiger partial charge on any atom is -0.493 e. The summed E-state index contributed by atoms with van der Waals surface area (Å²) in [7, 11) is 4.55. The van der Waals surface area contributed by atoms with Crippen molar-refractivity contribution in [1.82, 2.24) is 9.80 Å². The molecule has 3 rings (SSSR count). The summed E-state index contributed by atoms with van der Waals surface area (Å²) in [4.78, 5) is 41.2. The molecule has 0 unspecified atom stereocenters. The highest BCUT2D eigenvalue weighted by molar-refractivity contribution is 5.89. The molecule has 0 radical (unpaired) electrons. The summed E-state index contributed by atoms with van der Waals surface area (Å²) in [5, 5.41) is 0. The molecule has 1 atom stereocenters. The van der Waals surface area contributed by atoms with Gasteiger partial charge in [-0.1, -0.05) is 18.9 Å². The van der Waals surface area contributed by atoms with Crippen molar-refractivity contribution in [3.63, 3.8) is 0 Å². The van der Waals surface area contributed by atoms with Crippen LogP contribution in [0.4, 0.5) is 0 Å². The number of carbonyl (C=O) groups excluding carboxylic acids is 3. The molecular formula is C24H34N2O6. The van der Waals surface area contributed by atoms with Crippen LogP contribution in [-0.2, 0) is 25.5 Å². The lowest BCUT2D eigenvalue weighted by atomic mass is 10.0. The van der Waals surface area contributed by atoms with Gasteiger partial charge in [0.15, 0.2) is 11.5 Å². The fourth-order valence-corrected chi connectivity index (χ4v) is 4.69. The quantitative estimate of drug-likeness (QED) is 0.513. The SMILES string of the molecule is COC(=O)CCN(C(=O)[C@H]1CC(=O)N(CCc2ccc(OC)c(OC)c2)C1)C1CCCC1. The Bertz CT molecular complexity index is 821. The predicted octanol–water partition coefficient (Wildman–Crippen LogP) is 2.43. The lowest BCUT2D eigenvalue weighted by Crippen LogP contribution is -2.44. The number of likely N-dealkylation sites (tertiary alicyclic amines) is 1. The topological polar surface area (TPSA) is 85.4 Å². The van der Waals surface area contributed by atoms with Crippen LogP contribution in [0.5, 0.6) is 11.5 Å². The van der Waals surface area contributed by atoms with Crippen LogP contribution >= 0.6 is 0 Å². The number of rotatable bonds is 10. The van der Waals surface area contributed by atoms with Gasteiger partial charge in [-0.25, -0.2) is 0 Å². The molecule has 8 heteroatoms. The molecule has 1 saturated carbocycles. The summed E-state index contributed by atoms with van der Waals surface area (Å²) >= 11 is 0. The van der Waals surface area contributed by atoms with E-state index in [1.165, 1.54) is 7.11 Å². The molecule has 0 aromatic heterocycles. The van der Waals surface area contributed by atoms with Gasteiger partial charge in [0.1, 0.15) is 0 Å². The fourth-order valence-electron chi connectivity index (χ4n) is 4.69. The van der Waals surface area contributed by atoms with Crippen molar-refractivity contribution in [3.8, 4) is 11.5 Å². The number of hydrogen-bond acceptors (Lipinski definition) is 6. The first-order valence-electron chi connectivity index (χ1n) is 11.3. The Morgan fingerprint density at radius 2 is 1.81 bits per heavy atom. The highest BCUT2D eigenvalue weighted by Gasteiger charge is 2.38. The van der Waals surface area contributed by atoms with Crippen molar-refractivity contribution in [2.24, 2.45) is 5.92 Å². The Morgan fingerprint density at radius 1 is 1.09 bits per heavy atom. The molecule has 1 aliphatic carbocycles. The van der Waals surface area contributed by atoms with Crippen LogP contribution in [0, 0.1) is 5.92 Å². The normalized spacial score (nSPS) is 18.7. The molecule has 2 fully saturated rings. The van der Waals surface area contributed by atoms with Crippen LogP contribution in [0.15, 0.2) is 18.2 Å². The van der Waals surface area contributed by atoms with Crippen molar-refractivity contribution >= 4 is 17.8 Å². The number of nitrogens with zero attached hydrogens (tertiary/aromatic N) is 2. The van der Waals surface area contributed by atoms with E-state index in [2.05, 4.69) is 0 Å². The molecule has 176 valence electrons. The van der Waals surface area contributed by atoms with Gasteiger partial charge in [-0.3, -0.25) is 14.4 Å². The number of hydrogen-bond donors (Lipinski definition) is 0. The highest BCUT2D eigenvalue weighted by atomic mass is 16.5. The van der Waals surface area contributed by atoms with E-state index in [0.717, 1.165) is 31.2 Å². The van der Waals surface area contributed by atoms with Crippen molar-refractivity contribution in [1.29, 1.82) is 0 Å². The molecule has 2 aliphatic rings. The minimum absolute atomic E-state index is 0.00293. The Morgan fingerprint density at radius 3 is 2.47 bits per heavy atom. The second-order valence-corrected chi connectivity index (χ2v) is 8.48. The van der Waals surface area contributed by atoms with Gasteiger partial charge >= 0.3 is 5.97 Å². The van der Waals surface area contributed by atoms with Gasteiger partial charge in [0.2, 0.25) is 11.8 Å². The molecule has 0 spiro atoms. The van der Waals surface area contributed by atoms with Crippen LogP contribution in [-0.4, -0.2) is 74.6 Å². The maximum atomic E-state index is 13.3. The Kier molecular flexibility index (Phi) is 8.36. The van der Waals surface area contributed by atoms with E-state index >= 15 is 0 Å². The van der Waals surface area contributed by atoms with E-state index in [4.69, 9.17) is 14.2 Å². The van der Waals surface area contributed by atoms with Gasteiger partial charge in [0, 0.05) is 32.1 Å². The van der Waals surface area contributed by atoms with E-state index in [1.807, 2.05) is 23.1 Å². The summed E-state index contributed by atoms with van der Waals surface area (Å²) in [6, 6.07) is 5.88. The molecular weight excluding hydrogens is 412 g/mol. The summed E-state index contributed by atoms with van der Waals surface area (Å²) < 4.78 is 15.4. The van der Waals surface area contributed by atoms with Crippen LogP contribution in [0.25, 0.3) is 0 Å². The molecule has 1 aliphatic heterocycles. The van der Waals surface area contributed by atoms with E-state index in [1.54, 1.807) is 19.1 Å². The summed E-state index contributed by atoms with van der Waals surface area (Å²) in [6.45, 7) is 1.32. The Hall–Kier alpha value is -2.77. The zero-order valence-corrected chi connectivity index (χ0v) is 19.3. The monoisotopic (exact) mass is 446 g/mol. The first-order valence-corrected chi connectivity index (χ1v) is 11.3. The van der Waals surface area contributed by atoms with E-state index in [9.17, 15) is 14.4 Å². The first-order chi connectivity index (χ1) is 15.5. The minimum atomic E-state index is -0.355. The molecule has 2 amide bonds. The maximum Gasteiger partial charge on any atom is 0.307 e. The molecule has 1 aromatic carbocycles. The average Bonchev–Trinajstić information content (AvgIpc) is 3.47. The Balaban J connectivity index is 1.60. The summed E-state index contributed by atoms with van der Waals surface area (Å²) in [5.41, 5.74) is 1.04. The molecule has 32 heavy (non-hydrogen) atoms. The number of methoxy groups -OCH3 is 3. The van der Waals surface area contributed by atoms with E-state index in [-0.39, 0.29) is 42.6 Å². The number of amides is 2. The van der Waals surface area contributed by atoms with Crippen molar-refractivity contribution < 1.29 is 28.6 Å². The molecule has 1 heterocycles. The number of esters is 1. The first kappa shape index (κ1) is 23.9. The smallest absolute Gasteiger partial charge is 0.307 e. The van der Waals surface area contributed by atoms with Crippen molar-refractivity contribution in [3.05, 3.63) is 23.8 Å². The molecule has 1 aromatic rings. The second-order valence-electron chi connectivity index (χ2n) is 8.48. The van der Waals surface area contributed by atoms with Gasteiger partial charge in [0.05, 0.1) is 33.7 Å². The van der Waals surface area contributed by atoms with Crippen LogP contribution < -0.4 is 9.47 Å².